The van der Waals surface area contributed by atoms with Gasteiger partial charge in [-0.25, -0.2) is 4.39 Å². The summed E-state index contributed by atoms with van der Waals surface area (Å²) in [4.78, 5) is 14.3. The maximum absolute atomic E-state index is 12.9. The van der Waals surface area contributed by atoms with Gasteiger partial charge in [-0.1, -0.05) is 25.1 Å². The monoisotopic (exact) mass is 330 g/mol. The van der Waals surface area contributed by atoms with Crippen molar-refractivity contribution >= 4 is 11.6 Å². The standard InChI is InChI=1S/C19H23FN2O2/c1-3-18(24-17-11-9-15(20)10-12-17)19(23)21-13-14-22(2)16-7-5-4-6-8-16/h4-12,18H,3,13-14H2,1-2H3,(H,21,23). The normalized spacial score (nSPS) is 11.6. The molecule has 0 aliphatic heterocycles. The van der Waals surface area contributed by atoms with Crippen molar-refractivity contribution in [1.82, 2.24) is 5.32 Å². The van der Waals surface area contributed by atoms with Gasteiger partial charge in [0.15, 0.2) is 6.10 Å². The second-order valence-electron chi connectivity index (χ2n) is 5.52. The smallest absolute Gasteiger partial charge is 0.261 e. The van der Waals surface area contributed by atoms with Gasteiger partial charge in [0.1, 0.15) is 11.6 Å². The van der Waals surface area contributed by atoms with Crippen molar-refractivity contribution in [3.8, 4) is 5.75 Å². The first-order valence-electron chi connectivity index (χ1n) is 8.06. The summed E-state index contributed by atoms with van der Waals surface area (Å²) in [5, 5.41) is 2.89. The van der Waals surface area contributed by atoms with E-state index in [1.54, 1.807) is 0 Å². The van der Waals surface area contributed by atoms with Gasteiger partial charge in [0.05, 0.1) is 0 Å². The average molecular weight is 330 g/mol. The molecule has 0 aliphatic carbocycles. The molecule has 0 aromatic heterocycles. The highest BCUT2D eigenvalue weighted by Gasteiger charge is 2.18. The molecular formula is C19H23FN2O2. The molecule has 0 heterocycles. The number of para-hydroxylation sites is 1. The van der Waals surface area contributed by atoms with Crippen molar-refractivity contribution in [3.63, 3.8) is 0 Å². The molecule has 0 aliphatic rings. The molecule has 0 radical (unpaired) electrons. The molecular weight excluding hydrogens is 307 g/mol. The fourth-order valence-electron chi connectivity index (χ4n) is 2.27. The van der Waals surface area contributed by atoms with Crippen molar-refractivity contribution in [2.75, 3.05) is 25.0 Å². The minimum Gasteiger partial charge on any atom is -0.481 e. The van der Waals surface area contributed by atoms with Crippen LogP contribution in [0.5, 0.6) is 5.75 Å². The van der Waals surface area contributed by atoms with Crippen LogP contribution in [0.4, 0.5) is 10.1 Å². The van der Waals surface area contributed by atoms with Crippen LogP contribution in [0, 0.1) is 5.82 Å². The van der Waals surface area contributed by atoms with Crippen molar-refractivity contribution in [1.29, 1.82) is 0 Å². The maximum atomic E-state index is 12.9. The molecule has 2 aromatic carbocycles. The van der Waals surface area contributed by atoms with Gasteiger partial charge in [-0.15, -0.1) is 0 Å². The van der Waals surface area contributed by atoms with Crippen LogP contribution in [-0.2, 0) is 4.79 Å². The third-order valence-electron chi connectivity index (χ3n) is 3.70. The first kappa shape index (κ1) is 17.8. The van der Waals surface area contributed by atoms with E-state index in [2.05, 4.69) is 10.2 Å². The number of hydrogen-bond acceptors (Lipinski definition) is 3. The van der Waals surface area contributed by atoms with E-state index in [4.69, 9.17) is 4.74 Å². The molecule has 0 bridgehead atoms. The van der Waals surface area contributed by atoms with Gasteiger partial charge >= 0.3 is 0 Å². The van der Waals surface area contributed by atoms with E-state index in [0.29, 0.717) is 25.3 Å². The predicted octanol–water partition coefficient (Wildman–Crippen LogP) is 3.24. The summed E-state index contributed by atoms with van der Waals surface area (Å²) < 4.78 is 18.5. The van der Waals surface area contributed by atoms with E-state index >= 15 is 0 Å². The van der Waals surface area contributed by atoms with Crippen LogP contribution in [0.2, 0.25) is 0 Å². The van der Waals surface area contributed by atoms with Gasteiger partial charge in [-0.3, -0.25) is 4.79 Å². The Morgan fingerprint density at radius 3 is 2.46 bits per heavy atom. The summed E-state index contributed by atoms with van der Waals surface area (Å²) in [6.45, 7) is 3.10. The number of nitrogens with zero attached hydrogens (tertiary/aromatic N) is 1. The Morgan fingerprint density at radius 1 is 1.17 bits per heavy atom. The molecule has 2 aromatic rings. The molecule has 0 saturated heterocycles. The zero-order valence-electron chi connectivity index (χ0n) is 14.0. The van der Waals surface area contributed by atoms with Crippen LogP contribution >= 0.6 is 0 Å². The van der Waals surface area contributed by atoms with Crippen LogP contribution in [0.3, 0.4) is 0 Å². The third kappa shape index (κ3) is 5.26. The Labute approximate surface area is 142 Å². The highest BCUT2D eigenvalue weighted by Crippen LogP contribution is 2.14. The Morgan fingerprint density at radius 2 is 1.83 bits per heavy atom. The molecule has 0 saturated carbocycles. The van der Waals surface area contributed by atoms with Gasteiger partial charge < -0.3 is 15.0 Å². The Balaban J connectivity index is 1.80. The van der Waals surface area contributed by atoms with Crippen LogP contribution in [-0.4, -0.2) is 32.1 Å². The zero-order chi connectivity index (χ0) is 17.4. The fourth-order valence-corrected chi connectivity index (χ4v) is 2.27. The van der Waals surface area contributed by atoms with Crippen molar-refractivity contribution in [2.45, 2.75) is 19.4 Å². The van der Waals surface area contributed by atoms with E-state index in [1.807, 2.05) is 44.3 Å². The summed E-state index contributed by atoms with van der Waals surface area (Å²) in [7, 11) is 1.98. The van der Waals surface area contributed by atoms with E-state index in [-0.39, 0.29) is 11.7 Å². The average Bonchev–Trinajstić information content (AvgIpc) is 2.61. The molecule has 5 heteroatoms. The SMILES string of the molecule is CCC(Oc1ccc(F)cc1)C(=O)NCCN(C)c1ccccc1. The minimum absolute atomic E-state index is 0.164. The molecule has 1 atom stereocenters. The fraction of sp³-hybridized carbons (Fsp3) is 0.316. The lowest BCUT2D eigenvalue weighted by Gasteiger charge is -2.21. The number of nitrogens with one attached hydrogen (secondary N) is 1. The molecule has 1 unspecified atom stereocenters. The summed E-state index contributed by atoms with van der Waals surface area (Å²) in [5.41, 5.74) is 1.10. The number of ether oxygens (including phenoxy) is 1. The van der Waals surface area contributed by atoms with Crippen LogP contribution in [0.25, 0.3) is 0 Å². The number of anilines is 1. The maximum Gasteiger partial charge on any atom is 0.261 e. The van der Waals surface area contributed by atoms with Crippen LogP contribution in [0.15, 0.2) is 54.6 Å². The number of hydrogen-bond donors (Lipinski definition) is 1. The number of halogens is 1. The third-order valence-corrected chi connectivity index (χ3v) is 3.70. The molecule has 24 heavy (non-hydrogen) atoms. The van der Waals surface area contributed by atoms with Crippen molar-refractivity contribution < 1.29 is 13.9 Å². The second kappa shape index (κ2) is 8.91. The first-order chi connectivity index (χ1) is 11.6. The van der Waals surface area contributed by atoms with Gasteiger partial charge in [0.2, 0.25) is 0 Å². The van der Waals surface area contributed by atoms with Crippen LogP contribution in [0.1, 0.15) is 13.3 Å². The van der Waals surface area contributed by atoms with Crippen molar-refractivity contribution in [2.24, 2.45) is 0 Å². The number of carbonyl (C=O) groups is 1. The first-order valence-corrected chi connectivity index (χ1v) is 8.06. The van der Waals surface area contributed by atoms with Gasteiger partial charge in [0.25, 0.3) is 5.91 Å². The minimum atomic E-state index is -0.586. The topological polar surface area (TPSA) is 41.6 Å². The van der Waals surface area contributed by atoms with Crippen LogP contribution < -0.4 is 15.0 Å². The Hall–Kier alpha value is -2.56. The Bertz CT molecular complexity index is 632. The van der Waals surface area contributed by atoms with Gasteiger partial charge in [-0.2, -0.15) is 0 Å². The summed E-state index contributed by atoms with van der Waals surface area (Å²) in [6, 6.07) is 15.6. The molecule has 1 N–H and O–H groups in total. The van der Waals surface area contributed by atoms with E-state index < -0.39 is 6.10 Å². The second-order valence-corrected chi connectivity index (χ2v) is 5.52. The number of amides is 1. The predicted molar refractivity (Wildman–Crippen MR) is 93.8 cm³/mol. The highest BCUT2D eigenvalue weighted by molar-refractivity contribution is 5.81. The van der Waals surface area contributed by atoms with Crippen molar-refractivity contribution in [3.05, 3.63) is 60.4 Å². The number of benzene rings is 2. The summed E-state index contributed by atoms with van der Waals surface area (Å²) >= 11 is 0. The molecule has 0 fully saturated rings. The highest BCUT2D eigenvalue weighted by atomic mass is 19.1. The number of likely N-dealkylation sites (N-methyl/N-ethyl adjacent to an activating group) is 1. The molecule has 4 nitrogen and oxygen atoms in total. The lowest BCUT2D eigenvalue weighted by molar-refractivity contribution is -0.128. The van der Waals surface area contributed by atoms with E-state index in [9.17, 15) is 9.18 Å². The largest absolute Gasteiger partial charge is 0.481 e. The quantitative estimate of drug-likeness (QED) is 0.808. The van der Waals surface area contributed by atoms with E-state index in [0.717, 1.165) is 5.69 Å². The van der Waals surface area contributed by atoms with Gasteiger partial charge in [-0.05, 0) is 42.8 Å². The number of rotatable bonds is 8. The molecule has 128 valence electrons. The Kier molecular flexibility index (Phi) is 6.61. The lowest BCUT2D eigenvalue weighted by Crippen LogP contribution is -2.41. The zero-order valence-corrected chi connectivity index (χ0v) is 14.0. The molecule has 0 spiro atoms. The summed E-state index contributed by atoms with van der Waals surface area (Å²) in [5.74, 6) is -0.00751. The van der Waals surface area contributed by atoms with E-state index in [1.165, 1.54) is 24.3 Å². The summed E-state index contributed by atoms with van der Waals surface area (Å²) in [6.07, 6.45) is -0.0462. The van der Waals surface area contributed by atoms with Gasteiger partial charge in [0, 0.05) is 25.8 Å². The molecule has 2 rings (SSSR count). The molecule has 1 amide bonds. The number of carbonyl (C=O) groups excluding carboxylic acids is 1. The lowest BCUT2D eigenvalue weighted by atomic mass is 10.2.